The normalized spacial score (nSPS) is 16.0. The van der Waals surface area contributed by atoms with Gasteiger partial charge in [-0.05, 0) is 42.8 Å². The summed E-state index contributed by atoms with van der Waals surface area (Å²) in [5.74, 6) is 1.23. The van der Waals surface area contributed by atoms with Crippen LogP contribution in [0.15, 0.2) is 53.4 Å². The van der Waals surface area contributed by atoms with Crippen molar-refractivity contribution < 1.29 is 22.7 Å². The van der Waals surface area contributed by atoms with E-state index in [1.807, 2.05) is 31.2 Å². The van der Waals surface area contributed by atoms with Crippen LogP contribution in [-0.4, -0.2) is 51.3 Å². The fourth-order valence-corrected chi connectivity index (χ4v) is 3.60. The van der Waals surface area contributed by atoms with Crippen LogP contribution in [0.25, 0.3) is 0 Å². The van der Waals surface area contributed by atoms with Crippen LogP contribution in [0.3, 0.4) is 0 Å². The van der Waals surface area contributed by atoms with Crippen molar-refractivity contribution in [3.05, 3.63) is 54.1 Å². The lowest BCUT2D eigenvalue weighted by atomic mass is 10.1. The Kier molecular flexibility index (Phi) is 5.70. The summed E-state index contributed by atoms with van der Waals surface area (Å²) in [5, 5.41) is 0. The van der Waals surface area contributed by atoms with Gasteiger partial charge in [0.2, 0.25) is 0 Å². The molecule has 6 nitrogen and oxygen atoms in total. The summed E-state index contributed by atoms with van der Waals surface area (Å²) in [6, 6.07) is 13.5. The maximum Gasteiger partial charge on any atom is 0.253 e. The molecule has 0 aromatic heterocycles. The van der Waals surface area contributed by atoms with Gasteiger partial charge in [-0.25, -0.2) is 8.42 Å². The van der Waals surface area contributed by atoms with Crippen LogP contribution in [0.5, 0.6) is 11.5 Å². The van der Waals surface area contributed by atoms with Crippen molar-refractivity contribution in [1.29, 1.82) is 0 Å². The number of hydrogen-bond acceptors (Lipinski definition) is 5. The Hall–Kier alpha value is -2.54. The van der Waals surface area contributed by atoms with Crippen molar-refractivity contribution in [3.8, 4) is 11.5 Å². The summed E-state index contributed by atoms with van der Waals surface area (Å²) < 4.78 is 34.9. The number of amides is 1. The van der Waals surface area contributed by atoms with Crippen LogP contribution in [0.4, 0.5) is 0 Å². The third kappa shape index (κ3) is 4.60. The number of nitrogens with zero attached hydrogens (tertiary/aromatic N) is 1. The maximum absolute atomic E-state index is 12.9. The predicted molar refractivity (Wildman–Crippen MR) is 102 cm³/mol. The molecule has 1 amide bonds. The van der Waals surface area contributed by atoms with Gasteiger partial charge in [0, 0.05) is 18.4 Å². The smallest absolute Gasteiger partial charge is 0.253 e. The lowest BCUT2D eigenvalue weighted by Gasteiger charge is -2.31. The molecule has 3 rings (SSSR count). The first-order valence-electron chi connectivity index (χ1n) is 8.86. The highest BCUT2D eigenvalue weighted by molar-refractivity contribution is 7.90. The van der Waals surface area contributed by atoms with Crippen molar-refractivity contribution in [2.75, 3.05) is 26.0 Å². The minimum Gasteiger partial charge on any atom is -0.486 e. The third-order valence-electron chi connectivity index (χ3n) is 4.30. The van der Waals surface area contributed by atoms with E-state index in [0.29, 0.717) is 36.8 Å². The molecule has 0 fully saturated rings. The van der Waals surface area contributed by atoms with Gasteiger partial charge >= 0.3 is 0 Å². The van der Waals surface area contributed by atoms with Crippen molar-refractivity contribution in [2.45, 2.75) is 24.3 Å². The van der Waals surface area contributed by atoms with Crippen molar-refractivity contribution in [1.82, 2.24) is 4.90 Å². The van der Waals surface area contributed by atoms with Crippen LogP contribution in [-0.2, 0) is 9.84 Å². The molecule has 0 bridgehead atoms. The molecule has 0 saturated carbocycles. The van der Waals surface area contributed by atoms with Gasteiger partial charge in [0.15, 0.2) is 27.4 Å². The van der Waals surface area contributed by atoms with Gasteiger partial charge in [0.25, 0.3) is 5.91 Å². The molecular formula is C20H23NO5S. The first-order chi connectivity index (χ1) is 12.9. The molecule has 2 aromatic rings. The number of hydrogen-bond donors (Lipinski definition) is 0. The Morgan fingerprint density at radius 3 is 2.41 bits per heavy atom. The summed E-state index contributed by atoms with van der Waals surface area (Å²) in [5.41, 5.74) is 0.452. The molecule has 2 aromatic carbocycles. The minimum atomic E-state index is -3.29. The first-order valence-corrected chi connectivity index (χ1v) is 10.8. The van der Waals surface area contributed by atoms with E-state index in [1.165, 1.54) is 12.1 Å². The SMILES string of the molecule is CCCN(C[C@@H]1COc2ccccc2O1)C(=O)c1ccc(S(C)(=O)=O)cc1. The molecule has 0 radical (unpaired) electrons. The largest absolute Gasteiger partial charge is 0.486 e. The Balaban J connectivity index is 1.72. The fraction of sp³-hybridized carbons (Fsp3) is 0.350. The molecule has 1 aliphatic heterocycles. The molecule has 0 unspecified atom stereocenters. The molecule has 144 valence electrons. The van der Waals surface area contributed by atoms with Gasteiger partial charge in [0.1, 0.15) is 6.61 Å². The third-order valence-corrected chi connectivity index (χ3v) is 5.43. The molecule has 1 aliphatic rings. The Morgan fingerprint density at radius 1 is 1.11 bits per heavy atom. The zero-order valence-electron chi connectivity index (χ0n) is 15.4. The number of fused-ring (bicyclic) bond motifs is 1. The van der Waals surface area contributed by atoms with Crippen LogP contribution in [0.1, 0.15) is 23.7 Å². The highest BCUT2D eigenvalue weighted by Gasteiger charge is 2.25. The summed E-state index contributed by atoms with van der Waals surface area (Å²) in [6.07, 6.45) is 1.69. The number of carbonyl (C=O) groups excluding carboxylic acids is 1. The highest BCUT2D eigenvalue weighted by atomic mass is 32.2. The van der Waals surface area contributed by atoms with Crippen LogP contribution in [0, 0.1) is 0 Å². The van der Waals surface area contributed by atoms with Gasteiger partial charge in [0.05, 0.1) is 11.4 Å². The second kappa shape index (κ2) is 8.00. The molecule has 0 N–H and O–H groups in total. The number of rotatable bonds is 6. The average Bonchev–Trinajstić information content (AvgIpc) is 2.66. The van der Waals surface area contributed by atoms with Crippen LogP contribution >= 0.6 is 0 Å². The standard InChI is InChI=1S/C20H23NO5S/c1-3-12-21(13-16-14-25-18-6-4-5-7-19(18)26-16)20(22)15-8-10-17(11-9-15)27(2,23)24/h4-11,16H,3,12-14H2,1-2H3/t16-/m1/s1. The Bertz CT molecular complexity index is 908. The van der Waals surface area contributed by atoms with Crippen molar-refractivity contribution >= 4 is 15.7 Å². The predicted octanol–water partition coefficient (Wildman–Crippen LogP) is 2.78. The zero-order valence-corrected chi connectivity index (χ0v) is 16.2. The van der Waals surface area contributed by atoms with Crippen LogP contribution in [0.2, 0.25) is 0 Å². The molecule has 1 heterocycles. The maximum atomic E-state index is 12.9. The molecule has 1 atom stereocenters. The summed E-state index contributed by atoms with van der Waals surface area (Å²) in [6.45, 7) is 3.35. The molecule has 27 heavy (non-hydrogen) atoms. The van der Waals surface area contributed by atoms with Gasteiger partial charge in [-0.15, -0.1) is 0 Å². The van der Waals surface area contributed by atoms with Gasteiger partial charge in [-0.2, -0.15) is 0 Å². The topological polar surface area (TPSA) is 72.9 Å². The minimum absolute atomic E-state index is 0.153. The second-order valence-electron chi connectivity index (χ2n) is 6.55. The van der Waals surface area contributed by atoms with Gasteiger partial charge in [-0.3, -0.25) is 4.79 Å². The molecular weight excluding hydrogens is 366 g/mol. The monoisotopic (exact) mass is 389 g/mol. The van der Waals surface area contributed by atoms with E-state index < -0.39 is 9.84 Å². The average molecular weight is 389 g/mol. The van der Waals surface area contributed by atoms with Crippen molar-refractivity contribution in [3.63, 3.8) is 0 Å². The zero-order chi connectivity index (χ0) is 19.4. The van der Waals surface area contributed by atoms with Gasteiger partial charge in [-0.1, -0.05) is 19.1 Å². The Morgan fingerprint density at radius 2 is 1.78 bits per heavy atom. The van der Waals surface area contributed by atoms with E-state index in [-0.39, 0.29) is 16.9 Å². The van der Waals surface area contributed by atoms with Crippen LogP contribution < -0.4 is 9.47 Å². The summed E-state index contributed by atoms with van der Waals surface area (Å²) in [4.78, 5) is 14.8. The first kappa shape index (κ1) is 19.2. The molecule has 0 spiro atoms. The highest BCUT2D eigenvalue weighted by Crippen LogP contribution is 2.31. The van der Waals surface area contributed by atoms with E-state index in [2.05, 4.69) is 0 Å². The lowest BCUT2D eigenvalue weighted by molar-refractivity contribution is 0.0462. The number of carbonyl (C=O) groups is 1. The van der Waals surface area contributed by atoms with E-state index in [4.69, 9.17) is 9.47 Å². The Labute approximate surface area is 159 Å². The molecule has 0 saturated heterocycles. The molecule has 0 aliphatic carbocycles. The quantitative estimate of drug-likeness (QED) is 0.760. The molecule has 7 heteroatoms. The van der Waals surface area contributed by atoms with Gasteiger partial charge < -0.3 is 14.4 Å². The number of sulfone groups is 1. The summed E-state index contributed by atoms with van der Waals surface area (Å²) >= 11 is 0. The number of benzene rings is 2. The second-order valence-corrected chi connectivity index (χ2v) is 8.56. The number of para-hydroxylation sites is 2. The van der Waals surface area contributed by atoms with E-state index in [1.54, 1.807) is 17.0 Å². The van der Waals surface area contributed by atoms with E-state index in [9.17, 15) is 13.2 Å². The summed E-state index contributed by atoms with van der Waals surface area (Å²) in [7, 11) is -3.29. The lowest BCUT2D eigenvalue weighted by Crippen LogP contribution is -2.44. The van der Waals surface area contributed by atoms with Crippen molar-refractivity contribution in [2.24, 2.45) is 0 Å². The van der Waals surface area contributed by atoms with E-state index >= 15 is 0 Å². The number of ether oxygens (including phenoxy) is 2. The fourth-order valence-electron chi connectivity index (χ4n) is 2.97. The van der Waals surface area contributed by atoms with E-state index in [0.717, 1.165) is 12.7 Å².